The monoisotopic (exact) mass is 179 g/mol. The lowest BCUT2D eigenvalue weighted by molar-refractivity contribution is 0.171. The molecule has 0 aromatic carbocycles. The maximum Gasteiger partial charge on any atom is 0.194 e. The fourth-order valence-electron chi connectivity index (χ4n) is 2.98. The molecule has 2 fully saturated rings. The minimum absolute atomic E-state index is 0.816. The lowest BCUT2D eigenvalue weighted by Gasteiger charge is -2.40. The Kier molecular flexibility index (Phi) is 1.70. The van der Waals surface area contributed by atoms with Crippen molar-refractivity contribution >= 4 is 5.96 Å². The Balaban J connectivity index is 1.85. The quantitative estimate of drug-likeness (QED) is 0.596. The van der Waals surface area contributed by atoms with Gasteiger partial charge in [-0.15, -0.1) is 0 Å². The van der Waals surface area contributed by atoms with Crippen LogP contribution in [0.25, 0.3) is 0 Å². The van der Waals surface area contributed by atoms with Gasteiger partial charge in [0.25, 0.3) is 0 Å². The standard InChI is InChI=1S/C10H17N3/c1-2-4-9-8(3-1)7-12-10-11-5-6-13(9)10/h8-9H,1-7H2,(H,11,12). The first kappa shape index (κ1) is 7.65. The molecule has 1 saturated heterocycles. The van der Waals surface area contributed by atoms with Gasteiger partial charge in [-0.3, -0.25) is 4.99 Å². The van der Waals surface area contributed by atoms with Crippen LogP contribution in [0.15, 0.2) is 4.99 Å². The molecule has 0 aromatic rings. The molecule has 2 heterocycles. The molecule has 72 valence electrons. The molecule has 1 N–H and O–H groups in total. The van der Waals surface area contributed by atoms with E-state index in [-0.39, 0.29) is 0 Å². The summed E-state index contributed by atoms with van der Waals surface area (Å²) >= 11 is 0. The average Bonchev–Trinajstić information content (AvgIpc) is 2.65. The van der Waals surface area contributed by atoms with E-state index in [9.17, 15) is 0 Å². The molecule has 0 radical (unpaired) electrons. The smallest absolute Gasteiger partial charge is 0.194 e. The molecule has 3 rings (SSSR count). The first-order valence-electron chi connectivity index (χ1n) is 5.50. The number of fused-ring (bicyclic) bond motifs is 3. The van der Waals surface area contributed by atoms with Crippen LogP contribution in [0.2, 0.25) is 0 Å². The van der Waals surface area contributed by atoms with Gasteiger partial charge in [-0.1, -0.05) is 12.8 Å². The largest absolute Gasteiger partial charge is 0.354 e. The summed E-state index contributed by atoms with van der Waals surface area (Å²) in [5.41, 5.74) is 0. The number of nitrogens with one attached hydrogen (secondary N) is 1. The van der Waals surface area contributed by atoms with E-state index in [1.54, 1.807) is 0 Å². The van der Waals surface area contributed by atoms with Crippen molar-refractivity contribution in [2.45, 2.75) is 31.7 Å². The van der Waals surface area contributed by atoms with E-state index in [4.69, 9.17) is 0 Å². The Labute approximate surface area is 79.2 Å². The number of aliphatic imine (C=N–C) groups is 1. The van der Waals surface area contributed by atoms with Crippen LogP contribution in [0, 0.1) is 5.92 Å². The number of hydrogen-bond donors (Lipinski definition) is 1. The van der Waals surface area contributed by atoms with Gasteiger partial charge in [0, 0.05) is 25.7 Å². The minimum atomic E-state index is 0.816. The van der Waals surface area contributed by atoms with E-state index in [1.807, 2.05) is 0 Å². The Bertz CT molecular complexity index is 236. The summed E-state index contributed by atoms with van der Waals surface area (Å²) in [6.45, 7) is 3.35. The summed E-state index contributed by atoms with van der Waals surface area (Å²) < 4.78 is 0. The highest BCUT2D eigenvalue weighted by Gasteiger charge is 2.36. The van der Waals surface area contributed by atoms with Gasteiger partial charge in [-0.25, -0.2) is 0 Å². The van der Waals surface area contributed by atoms with Crippen LogP contribution in [0.3, 0.4) is 0 Å². The van der Waals surface area contributed by atoms with Crippen molar-refractivity contribution < 1.29 is 0 Å². The van der Waals surface area contributed by atoms with Crippen molar-refractivity contribution in [3.63, 3.8) is 0 Å². The van der Waals surface area contributed by atoms with E-state index < -0.39 is 0 Å². The van der Waals surface area contributed by atoms with Gasteiger partial charge in [0.2, 0.25) is 0 Å². The molecule has 0 spiro atoms. The fraction of sp³-hybridized carbons (Fsp3) is 0.900. The molecule has 3 nitrogen and oxygen atoms in total. The predicted molar refractivity (Wildman–Crippen MR) is 52.8 cm³/mol. The molecule has 3 heteroatoms. The zero-order chi connectivity index (χ0) is 8.67. The highest BCUT2D eigenvalue weighted by atomic mass is 15.4. The van der Waals surface area contributed by atoms with Crippen molar-refractivity contribution in [3.8, 4) is 0 Å². The Hall–Kier alpha value is -0.730. The highest BCUT2D eigenvalue weighted by molar-refractivity contribution is 5.82. The van der Waals surface area contributed by atoms with Crippen molar-refractivity contribution in [2.75, 3.05) is 19.6 Å². The molecule has 0 aromatic heterocycles. The lowest BCUT2D eigenvalue weighted by atomic mass is 9.83. The first-order chi connectivity index (χ1) is 6.45. The Morgan fingerprint density at radius 2 is 2.23 bits per heavy atom. The average molecular weight is 179 g/mol. The second-order valence-corrected chi connectivity index (χ2v) is 4.40. The van der Waals surface area contributed by atoms with E-state index >= 15 is 0 Å². The number of guanidine groups is 1. The zero-order valence-electron chi connectivity index (χ0n) is 8.00. The SMILES string of the molecule is C1CCC2C(C1)CN=C1NCCN12. The van der Waals surface area contributed by atoms with Gasteiger partial charge in [0.05, 0.1) is 0 Å². The van der Waals surface area contributed by atoms with E-state index in [2.05, 4.69) is 15.2 Å². The molecule has 2 unspecified atom stereocenters. The topological polar surface area (TPSA) is 27.6 Å². The number of nitrogens with zero attached hydrogens (tertiary/aromatic N) is 2. The van der Waals surface area contributed by atoms with Gasteiger partial charge in [-0.2, -0.15) is 0 Å². The molecule has 3 aliphatic rings. The molecule has 2 aliphatic heterocycles. The Morgan fingerprint density at radius 3 is 3.23 bits per heavy atom. The summed E-state index contributed by atoms with van der Waals surface area (Å²) in [4.78, 5) is 7.11. The zero-order valence-corrected chi connectivity index (χ0v) is 8.00. The second kappa shape index (κ2) is 2.89. The van der Waals surface area contributed by atoms with Crippen LogP contribution >= 0.6 is 0 Å². The van der Waals surface area contributed by atoms with Gasteiger partial charge in [0.15, 0.2) is 5.96 Å². The van der Waals surface area contributed by atoms with Crippen LogP contribution in [-0.4, -0.2) is 36.5 Å². The fourth-order valence-corrected chi connectivity index (χ4v) is 2.98. The number of hydrogen-bond acceptors (Lipinski definition) is 3. The third-order valence-electron chi connectivity index (χ3n) is 3.65. The maximum absolute atomic E-state index is 4.61. The van der Waals surface area contributed by atoms with Gasteiger partial charge >= 0.3 is 0 Å². The second-order valence-electron chi connectivity index (χ2n) is 4.40. The van der Waals surface area contributed by atoms with Crippen LogP contribution < -0.4 is 5.32 Å². The third kappa shape index (κ3) is 1.13. The van der Waals surface area contributed by atoms with Gasteiger partial charge in [0.1, 0.15) is 0 Å². The normalized spacial score (nSPS) is 37.5. The third-order valence-corrected chi connectivity index (χ3v) is 3.65. The summed E-state index contributed by atoms with van der Waals surface area (Å²) in [6.07, 6.45) is 5.64. The van der Waals surface area contributed by atoms with Gasteiger partial charge < -0.3 is 10.2 Å². The minimum Gasteiger partial charge on any atom is -0.354 e. The van der Waals surface area contributed by atoms with Crippen molar-refractivity contribution in [2.24, 2.45) is 10.9 Å². The molecule has 0 bridgehead atoms. The van der Waals surface area contributed by atoms with Crippen LogP contribution in [0.5, 0.6) is 0 Å². The summed E-state index contributed by atoms with van der Waals surface area (Å²) in [6, 6.07) is 0.816. The van der Waals surface area contributed by atoms with E-state index in [0.29, 0.717) is 0 Å². The summed E-state index contributed by atoms with van der Waals surface area (Å²) in [7, 11) is 0. The molecule has 1 saturated carbocycles. The van der Waals surface area contributed by atoms with Crippen molar-refractivity contribution in [1.82, 2.24) is 10.2 Å². The van der Waals surface area contributed by atoms with Crippen LogP contribution in [0.1, 0.15) is 25.7 Å². The van der Waals surface area contributed by atoms with Crippen LogP contribution in [0.4, 0.5) is 0 Å². The predicted octanol–water partition coefficient (Wildman–Crippen LogP) is 0.820. The Morgan fingerprint density at radius 1 is 1.31 bits per heavy atom. The first-order valence-corrected chi connectivity index (χ1v) is 5.50. The van der Waals surface area contributed by atoms with Crippen molar-refractivity contribution in [3.05, 3.63) is 0 Å². The molecule has 1 aliphatic carbocycles. The molecule has 0 amide bonds. The summed E-state index contributed by atoms with van der Waals surface area (Å²) in [5.74, 6) is 2.04. The van der Waals surface area contributed by atoms with E-state index in [0.717, 1.165) is 25.0 Å². The molecular formula is C10H17N3. The molecule has 2 atom stereocenters. The number of rotatable bonds is 0. The molecule has 13 heavy (non-hydrogen) atoms. The van der Waals surface area contributed by atoms with E-state index in [1.165, 1.54) is 38.2 Å². The van der Waals surface area contributed by atoms with Gasteiger partial charge in [-0.05, 0) is 18.8 Å². The highest BCUT2D eigenvalue weighted by Crippen LogP contribution is 2.31. The van der Waals surface area contributed by atoms with Crippen molar-refractivity contribution in [1.29, 1.82) is 0 Å². The maximum atomic E-state index is 4.61. The molecular weight excluding hydrogens is 162 g/mol. The summed E-state index contributed by atoms with van der Waals surface area (Å²) in [5, 5.41) is 3.37. The van der Waals surface area contributed by atoms with Crippen LogP contribution in [-0.2, 0) is 0 Å². The lowest BCUT2D eigenvalue weighted by Crippen LogP contribution is -2.49.